The van der Waals surface area contributed by atoms with Gasteiger partial charge in [-0.15, -0.1) is 0 Å². The fourth-order valence-corrected chi connectivity index (χ4v) is 3.27. The summed E-state index contributed by atoms with van der Waals surface area (Å²) in [5, 5.41) is 10.9. The molecule has 4 rings (SSSR count). The molecule has 0 atom stereocenters. The van der Waals surface area contributed by atoms with Crippen molar-refractivity contribution in [1.82, 2.24) is 0 Å². The van der Waals surface area contributed by atoms with E-state index >= 15 is 0 Å². The van der Waals surface area contributed by atoms with Gasteiger partial charge < -0.3 is 9.47 Å². The number of allylic oxidation sites excluding steroid dienone is 1. The van der Waals surface area contributed by atoms with Crippen LogP contribution in [0.15, 0.2) is 60.4 Å². The number of benzene rings is 3. The molecule has 3 aromatic carbocycles. The van der Waals surface area contributed by atoms with Gasteiger partial charge in [0.1, 0.15) is 29.7 Å². The molecule has 8 heteroatoms. The quantitative estimate of drug-likeness (QED) is 0.313. The summed E-state index contributed by atoms with van der Waals surface area (Å²) in [5.41, 5.74) is 1.03. The number of nitrogens with zero attached hydrogens (tertiary/aromatic N) is 1. The lowest BCUT2D eigenvalue weighted by atomic mass is 10.0. The molecule has 0 aromatic heterocycles. The Hall–Kier alpha value is -4.07. The highest BCUT2D eigenvalue weighted by Crippen LogP contribution is 2.38. The molecule has 0 radical (unpaired) electrons. The van der Waals surface area contributed by atoms with Crippen molar-refractivity contribution in [2.45, 2.75) is 13.5 Å². The Morgan fingerprint density at radius 3 is 2.52 bits per heavy atom. The summed E-state index contributed by atoms with van der Waals surface area (Å²) in [6, 6.07) is 12.4. The molecule has 0 aliphatic carbocycles. The maximum atomic E-state index is 13.8. The van der Waals surface area contributed by atoms with E-state index in [4.69, 9.17) is 9.47 Å². The average Bonchev–Trinajstić information content (AvgIpc) is 3.03. The minimum atomic E-state index is -0.716. The summed E-state index contributed by atoms with van der Waals surface area (Å²) in [6.07, 6.45) is 1.42. The second-order valence-corrected chi connectivity index (χ2v) is 6.89. The summed E-state index contributed by atoms with van der Waals surface area (Å²) >= 11 is 0. The van der Waals surface area contributed by atoms with E-state index in [0.29, 0.717) is 16.7 Å². The van der Waals surface area contributed by atoms with E-state index in [2.05, 4.69) is 0 Å². The lowest BCUT2D eigenvalue weighted by Crippen LogP contribution is -2.02. The number of hydrogen-bond acceptors (Lipinski definition) is 5. The fraction of sp³-hybridized carbons (Fsp3) is 0.0870. The van der Waals surface area contributed by atoms with Crippen molar-refractivity contribution < 1.29 is 28.0 Å². The van der Waals surface area contributed by atoms with Crippen LogP contribution in [0.5, 0.6) is 11.5 Å². The second-order valence-electron chi connectivity index (χ2n) is 6.89. The van der Waals surface area contributed by atoms with Crippen LogP contribution in [0, 0.1) is 28.7 Å². The van der Waals surface area contributed by atoms with Crippen LogP contribution in [-0.2, 0) is 6.61 Å². The predicted molar refractivity (Wildman–Crippen MR) is 108 cm³/mol. The first-order chi connectivity index (χ1) is 14.8. The molecule has 156 valence electrons. The van der Waals surface area contributed by atoms with Crippen molar-refractivity contribution >= 4 is 17.5 Å². The van der Waals surface area contributed by atoms with E-state index in [1.165, 1.54) is 36.4 Å². The molecule has 0 spiro atoms. The number of ketones is 1. The molecule has 0 unspecified atom stereocenters. The summed E-state index contributed by atoms with van der Waals surface area (Å²) in [5.74, 6) is -1.27. The standard InChI is InChI=1S/C23H15F2NO5/c1-13-8-16(30-12-17-18(24)6-3-7-19(17)25)11-20-22(13)23(27)21(31-20)10-14-4-2-5-15(9-14)26(28)29/h2-11H,12H2,1H3/b21-10-. The number of aryl methyl sites for hydroxylation is 1. The third-order valence-corrected chi connectivity index (χ3v) is 4.77. The Labute approximate surface area is 175 Å². The van der Waals surface area contributed by atoms with Gasteiger partial charge in [-0.05, 0) is 42.3 Å². The maximum absolute atomic E-state index is 13.8. The van der Waals surface area contributed by atoms with Crippen molar-refractivity contribution in [3.05, 3.63) is 104 Å². The smallest absolute Gasteiger partial charge is 0.270 e. The fourth-order valence-electron chi connectivity index (χ4n) is 3.27. The van der Waals surface area contributed by atoms with Crippen LogP contribution in [0.3, 0.4) is 0 Å². The van der Waals surface area contributed by atoms with Crippen LogP contribution in [0.25, 0.3) is 6.08 Å². The molecule has 0 N–H and O–H groups in total. The van der Waals surface area contributed by atoms with Crippen LogP contribution in [-0.4, -0.2) is 10.7 Å². The molecule has 1 aliphatic rings. The molecule has 1 heterocycles. The zero-order valence-corrected chi connectivity index (χ0v) is 16.2. The lowest BCUT2D eigenvalue weighted by Gasteiger charge is -2.10. The monoisotopic (exact) mass is 423 g/mol. The van der Waals surface area contributed by atoms with Crippen molar-refractivity contribution in [1.29, 1.82) is 0 Å². The molecule has 3 aromatic rings. The largest absolute Gasteiger partial charge is 0.489 e. The van der Waals surface area contributed by atoms with E-state index in [0.717, 1.165) is 12.1 Å². The van der Waals surface area contributed by atoms with Crippen LogP contribution in [0.1, 0.15) is 27.0 Å². The van der Waals surface area contributed by atoms with Gasteiger partial charge in [-0.3, -0.25) is 14.9 Å². The Bertz CT molecular complexity index is 1230. The first kappa shape index (κ1) is 20.2. The molecular formula is C23H15F2NO5. The summed E-state index contributed by atoms with van der Waals surface area (Å²) in [7, 11) is 0. The molecule has 31 heavy (non-hydrogen) atoms. The molecule has 0 amide bonds. The Morgan fingerprint density at radius 1 is 1.10 bits per heavy atom. The van der Waals surface area contributed by atoms with E-state index in [1.54, 1.807) is 19.1 Å². The van der Waals surface area contributed by atoms with E-state index < -0.39 is 16.6 Å². The number of halogens is 2. The zero-order valence-electron chi connectivity index (χ0n) is 16.2. The van der Waals surface area contributed by atoms with Gasteiger partial charge in [0.05, 0.1) is 16.1 Å². The minimum absolute atomic E-state index is 0.0101. The maximum Gasteiger partial charge on any atom is 0.270 e. The number of carbonyl (C=O) groups excluding carboxylic acids is 1. The van der Waals surface area contributed by atoms with Gasteiger partial charge in [0.2, 0.25) is 5.78 Å². The van der Waals surface area contributed by atoms with Crippen molar-refractivity contribution in [2.24, 2.45) is 0 Å². The molecule has 0 saturated heterocycles. The highest BCUT2D eigenvalue weighted by Gasteiger charge is 2.30. The number of hydrogen-bond donors (Lipinski definition) is 0. The van der Waals surface area contributed by atoms with Gasteiger partial charge in [-0.2, -0.15) is 0 Å². The zero-order chi connectivity index (χ0) is 22.1. The first-order valence-electron chi connectivity index (χ1n) is 9.22. The van der Waals surface area contributed by atoms with Crippen LogP contribution < -0.4 is 9.47 Å². The third-order valence-electron chi connectivity index (χ3n) is 4.77. The highest BCUT2D eigenvalue weighted by molar-refractivity contribution is 6.15. The normalized spacial score (nSPS) is 13.8. The third kappa shape index (κ3) is 4.00. The molecule has 1 aliphatic heterocycles. The molecule has 0 fully saturated rings. The van der Waals surface area contributed by atoms with Crippen molar-refractivity contribution in [3.8, 4) is 11.5 Å². The van der Waals surface area contributed by atoms with Gasteiger partial charge in [0.15, 0.2) is 5.76 Å². The Morgan fingerprint density at radius 2 is 1.81 bits per heavy atom. The predicted octanol–water partition coefficient (Wildman–Crippen LogP) is 5.38. The van der Waals surface area contributed by atoms with Crippen LogP contribution in [0.4, 0.5) is 14.5 Å². The number of ether oxygens (including phenoxy) is 2. The van der Waals surface area contributed by atoms with E-state index in [9.17, 15) is 23.7 Å². The summed E-state index contributed by atoms with van der Waals surface area (Å²) in [6.45, 7) is 1.36. The minimum Gasteiger partial charge on any atom is -0.489 e. The number of Topliss-reactive ketones (excluding diaryl/α,β-unsaturated/α-hetero) is 1. The first-order valence-corrected chi connectivity index (χ1v) is 9.22. The van der Waals surface area contributed by atoms with Gasteiger partial charge in [-0.1, -0.05) is 18.2 Å². The van der Waals surface area contributed by atoms with Crippen molar-refractivity contribution in [3.63, 3.8) is 0 Å². The molecule has 0 saturated carbocycles. The van der Waals surface area contributed by atoms with Gasteiger partial charge in [-0.25, -0.2) is 8.78 Å². The number of carbonyl (C=O) groups is 1. The summed E-state index contributed by atoms with van der Waals surface area (Å²) in [4.78, 5) is 23.2. The van der Waals surface area contributed by atoms with Gasteiger partial charge in [0, 0.05) is 18.2 Å². The number of rotatable bonds is 5. The number of nitro benzene ring substituents is 1. The average molecular weight is 423 g/mol. The van der Waals surface area contributed by atoms with Gasteiger partial charge in [0.25, 0.3) is 5.69 Å². The van der Waals surface area contributed by atoms with Crippen molar-refractivity contribution in [2.75, 3.05) is 0 Å². The molecule has 6 nitrogen and oxygen atoms in total. The Balaban J connectivity index is 1.59. The number of nitro groups is 1. The SMILES string of the molecule is Cc1cc(OCc2c(F)cccc2F)cc2c1C(=O)/C(=C/c1cccc([N+](=O)[O-])c1)O2. The highest BCUT2D eigenvalue weighted by atomic mass is 19.1. The lowest BCUT2D eigenvalue weighted by molar-refractivity contribution is -0.384. The molecule has 0 bridgehead atoms. The van der Waals surface area contributed by atoms with Gasteiger partial charge >= 0.3 is 0 Å². The van der Waals surface area contributed by atoms with E-state index in [-0.39, 0.29) is 40.9 Å². The number of non-ortho nitro benzene ring substituents is 1. The second kappa shape index (κ2) is 7.98. The van der Waals surface area contributed by atoms with Crippen LogP contribution in [0.2, 0.25) is 0 Å². The van der Waals surface area contributed by atoms with E-state index in [1.807, 2.05) is 0 Å². The summed E-state index contributed by atoms with van der Waals surface area (Å²) < 4.78 is 38.8. The van der Waals surface area contributed by atoms with Crippen LogP contribution >= 0.6 is 0 Å². The Kier molecular flexibility index (Phi) is 5.21. The molecular weight excluding hydrogens is 408 g/mol. The number of fused-ring (bicyclic) bond motifs is 1. The topological polar surface area (TPSA) is 78.7 Å².